The second-order valence-electron chi connectivity index (χ2n) is 8.90. The number of furan rings is 1. The van der Waals surface area contributed by atoms with Gasteiger partial charge >= 0.3 is 5.97 Å². The lowest BCUT2D eigenvalue weighted by Gasteiger charge is -2.27. The average molecular weight is 523 g/mol. The van der Waals surface area contributed by atoms with Gasteiger partial charge in [-0.3, -0.25) is 0 Å². The van der Waals surface area contributed by atoms with Crippen LogP contribution in [0.15, 0.2) is 94.9 Å². The molecule has 0 saturated carbocycles. The summed E-state index contributed by atoms with van der Waals surface area (Å²) in [5.41, 5.74) is 10.1. The van der Waals surface area contributed by atoms with Crippen molar-refractivity contribution in [2.24, 2.45) is 5.73 Å². The van der Waals surface area contributed by atoms with E-state index in [1.165, 1.54) is 17.9 Å². The molecule has 0 radical (unpaired) electrons. The van der Waals surface area contributed by atoms with Crippen LogP contribution in [0, 0.1) is 18.3 Å². The topological polar surface area (TPSA) is 117 Å². The van der Waals surface area contributed by atoms with E-state index in [1.54, 1.807) is 24.3 Å². The van der Waals surface area contributed by atoms with Crippen LogP contribution in [0.3, 0.4) is 0 Å². The summed E-state index contributed by atoms with van der Waals surface area (Å²) in [7, 11) is 0. The van der Waals surface area contributed by atoms with Crippen LogP contribution in [-0.4, -0.2) is 12.6 Å². The highest BCUT2D eigenvalue weighted by Gasteiger charge is 2.32. The molecule has 4 aromatic rings. The quantitative estimate of drug-likeness (QED) is 0.221. The molecule has 0 aliphatic carbocycles. The number of hydrogen-bond donors (Lipinski definition) is 1. The molecule has 0 amide bonds. The fourth-order valence-electron chi connectivity index (χ4n) is 4.33. The number of benzene rings is 3. The molecular formula is C31H26N2O6. The minimum atomic E-state index is -0.642. The standard InChI is InChI=1S/C31H26N2O6/c1-3-35-28-15-21(10-13-25(28)37-18-20-8-6-19(2)7-9-20)29-23-12-11-22(38-31(34)26-5-4-14-36-26)16-27(23)39-30(33)24(29)17-32/h4-16,29H,3,18,33H2,1-2H3. The second-order valence-corrected chi connectivity index (χ2v) is 8.90. The van der Waals surface area contributed by atoms with E-state index >= 15 is 0 Å². The maximum atomic E-state index is 12.3. The summed E-state index contributed by atoms with van der Waals surface area (Å²) in [6.45, 7) is 4.75. The number of allylic oxidation sites excluding steroid dienone is 1. The predicted molar refractivity (Wildman–Crippen MR) is 143 cm³/mol. The molecule has 2 heterocycles. The van der Waals surface area contributed by atoms with E-state index in [4.69, 9.17) is 29.1 Å². The molecular weight excluding hydrogens is 496 g/mol. The lowest BCUT2D eigenvalue weighted by atomic mass is 9.83. The first-order valence-corrected chi connectivity index (χ1v) is 12.4. The van der Waals surface area contributed by atoms with Gasteiger partial charge in [-0.05, 0) is 55.3 Å². The number of nitrogens with zero attached hydrogens (tertiary/aromatic N) is 1. The summed E-state index contributed by atoms with van der Waals surface area (Å²) in [5.74, 6) is 0.637. The number of rotatable bonds is 8. The molecule has 1 atom stereocenters. The Morgan fingerprint density at radius 3 is 2.56 bits per heavy atom. The molecule has 196 valence electrons. The van der Waals surface area contributed by atoms with Crippen LogP contribution in [0.25, 0.3) is 0 Å². The summed E-state index contributed by atoms with van der Waals surface area (Å²) in [6.07, 6.45) is 1.39. The third-order valence-electron chi connectivity index (χ3n) is 6.24. The maximum absolute atomic E-state index is 12.3. The zero-order valence-corrected chi connectivity index (χ0v) is 21.5. The predicted octanol–water partition coefficient (Wildman–Crippen LogP) is 6.00. The molecule has 8 nitrogen and oxygen atoms in total. The summed E-state index contributed by atoms with van der Waals surface area (Å²) < 4.78 is 28.3. The van der Waals surface area contributed by atoms with E-state index in [1.807, 2.05) is 56.3 Å². The third-order valence-corrected chi connectivity index (χ3v) is 6.24. The third kappa shape index (κ3) is 5.43. The SMILES string of the molecule is CCOc1cc(C2C(C#N)=C(N)Oc3cc(OC(=O)c4ccco4)ccc32)ccc1OCc1ccc(C)cc1. The van der Waals surface area contributed by atoms with Gasteiger partial charge in [-0.2, -0.15) is 5.26 Å². The van der Waals surface area contributed by atoms with Gasteiger partial charge in [0.1, 0.15) is 29.7 Å². The van der Waals surface area contributed by atoms with Crippen molar-refractivity contribution in [2.75, 3.05) is 6.61 Å². The summed E-state index contributed by atoms with van der Waals surface area (Å²) in [4.78, 5) is 12.3. The number of carbonyl (C=O) groups excluding carboxylic acids is 1. The fraction of sp³-hybridized carbons (Fsp3) is 0.161. The molecule has 0 fully saturated rings. The second kappa shape index (κ2) is 11.1. The summed E-state index contributed by atoms with van der Waals surface area (Å²) in [5, 5.41) is 9.95. The number of nitriles is 1. The first kappa shape index (κ1) is 25.5. The van der Waals surface area contributed by atoms with Crippen molar-refractivity contribution < 1.29 is 28.2 Å². The molecule has 3 aromatic carbocycles. The van der Waals surface area contributed by atoms with E-state index < -0.39 is 11.9 Å². The number of fused-ring (bicyclic) bond motifs is 1. The minimum absolute atomic E-state index is 0.0258. The zero-order chi connectivity index (χ0) is 27.4. The van der Waals surface area contributed by atoms with Crippen LogP contribution in [0.5, 0.6) is 23.0 Å². The van der Waals surface area contributed by atoms with E-state index in [2.05, 4.69) is 6.07 Å². The highest BCUT2D eigenvalue weighted by molar-refractivity contribution is 5.88. The molecule has 0 bridgehead atoms. The Morgan fingerprint density at radius 2 is 1.85 bits per heavy atom. The maximum Gasteiger partial charge on any atom is 0.379 e. The van der Waals surface area contributed by atoms with Crippen molar-refractivity contribution in [1.82, 2.24) is 0 Å². The molecule has 0 spiro atoms. The van der Waals surface area contributed by atoms with Crippen LogP contribution in [0.4, 0.5) is 0 Å². The molecule has 5 rings (SSSR count). The number of ether oxygens (including phenoxy) is 4. The Bertz CT molecular complexity index is 1570. The Morgan fingerprint density at radius 1 is 1.03 bits per heavy atom. The average Bonchev–Trinajstić information content (AvgIpc) is 3.48. The van der Waals surface area contributed by atoms with Crippen molar-refractivity contribution in [3.63, 3.8) is 0 Å². The van der Waals surface area contributed by atoms with E-state index in [-0.39, 0.29) is 23.0 Å². The van der Waals surface area contributed by atoms with Gasteiger partial charge in [-0.25, -0.2) is 4.79 Å². The minimum Gasteiger partial charge on any atom is -0.490 e. The van der Waals surface area contributed by atoms with Gasteiger partial charge in [0.05, 0.1) is 18.8 Å². The highest BCUT2D eigenvalue weighted by atomic mass is 16.5. The van der Waals surface area contributed by atoms with Crippen molar-refractivity contribution in [1.29, 1.82) is 5.26 Å². The van der Waals surface area contributed by atoms with Crippen LogP contribution in [-0.2, 0) is 6.61 Å². The summed E-state index contributed by atoms with van der Waals surface area (Å²) in [6, 6.07) is 23.9. The van der Waals surface area contributed by atoms with Gasteiger partial charge in [-0.1, -0.05) is 42.0 Å². The van der Waals surface area contributed by atoms with E-state index in [0.29, 0.717) is 36.0 Å². The van der Waals surface area contributed by atoms with Gasteiger partial charge in [0.25, 0.3) is 0 Å². The van der Waals surface area contributed by atoms with Gasteiger partial charge in [0.15, 0.2) is 11.5 Å². The molecule has 0 saturated heterocycles. The van der Waals surface area contributed by atoms with Crippen molar-refractivity contribution in [3.8, 4) is 29.1 Å². The van der Waals surface area contributed by atoms with Crippen LogP contribution in [0.2, 0.25) is 0 Å². The highest BCUT2D eigenvalue weighted by Crippen LogP contribution is 2.45. The van der Waals surface area contributed by atoms with Crippen molar-refractivity contribution in [3.05, 3.63) is 119 Å². The monoisotopic (exact) mass is 522 g/mol. The fourth-order valence-corrected chi connectivity index (χ4v) is 4.33. The Balaban J connectivity index is 1.45. The molecule has 1 aliphatic heterocycles. The van der Waals surface area contributed by atoms with E-state index in [9.17, 15) is 10.1 Å². The first-order valence-electron chi connectivity index (χ1n) is 12.4. The number of nitrogens with two attached hydrogens (primary N) is 1. The van der Waals surface area contributed by atoms with Gasteiger partial charge < -0.3 is 29.1 Å². The van der Waals surface area contributed by atoms with Crippen LogP contribution >= 0.6 is 0 Å². The Kier molecular flexibility index (Phi) is 7.23. The molecule has 8 heteroatoms. The summed E-state index contributed by atoms with van der Waals surface area (Å²) >= 11 is 0. The normalized spacial score (nSPS) is 14.1. The number of aryl methyl sites for hydroxylation is 1. The molecule has 39 heavy (non-hydrogen) atoms. The van der Waals surface area contributed by atoms with Gasteiger partial charge in [-0.15, -0.1) is 0 Å². The number of esters is 1. The Hall–Kier alpha value is -5.16. The van der Waals surface area contributed by atoms with E-state index in [0.717, 1.165) is 11.1 Å². The number of carbonyl (C=O) groups is 1. The Labute approximate surface area is 225 Å². The molecule has 2 N–H and O–H groups in total. The van der Waals surface area contributed by atoms with Crippen molar-refractivity contribution >= 4 is 5.97 Å². The smallest absolute Gasteiger partial charge is 0.379 e. The van der Waals surface area contributed by atoms with Crippen LogP contribution in [0.1, 0.15) is 45.7 Å². The van der Waals surface area contributed by atoms with Gasteiger partial charge in [0.2, 0.25) is 11.6 Å². The zero-order valence-electron chi connectivity index (χ0n) is 21.5. The van der Waals surface area contributed by atoms with Crippen molar-refractivity contribution in [2.45, 2.75) is 26.4 Å². The molecule has 1 aromatic heterocycles. The number of hydrogen-bond acceptors (Lipinski definition) is 8. The first-order chi connectivity index (χ1) is 19.0. The largest absolute Gasteiger partial charge is 0.490 e. The lowest BCUT2D eigenvalue weighted by molar-refractivity contribution is 0.0701. The lowest BCUT2D eigenvalue weighted by Crippen LogP contribution is -2.21. The van der Waals surface area contributed by atoms with Gasteiger partial charge in [0, 0.05) is 11.6 Å². The molecule has 1 aliphatic rings. The molecule has 1 unspecified atom stereocenters. The van der Waals surface area contributed by atoms with Crippen LogP contribution < -0.4 is 24.7 Å².